The van der Waals surface area contributed by atoms with Crippen LogP contribution in [0.2, 0.25) is 0 Å². The fraction of sp³-hybridized carbons (Fsp3) is 0.586. The van der Waals surface area contributed by atoms with Crippen LogP contribution in [0.4, 0.5) is 17.3 Å². The highest BCUT2D eigenvalue weighted by molar-refractivity contribution is 5.74. The normalized spacial score (nSPS) is 21.3. The lowest BCUT2D eigenvalue weighted by atomic mass is 9.87. The highest BCUT2D eigenvalue weighted by Crippen LogP contribution is 2.34. The minimum absolute atomic E-state index is 0.0253. The Hall–Kier alpha value is -3.24. The lowest BCUT2D eigenvalue weighted by Gasteiger charge is -2.32. The highest BCUT2D eigenvalue weighted by Gasteiger charge is 2.28. The van der Waals surface area contributed by atoms with Gasteiger partial charge < -0.3 is 25.2 Å². The number of anilines is 3. The van der Waals surface area contributed by atoms with Crippen molar-refractivity contribution >= 4 is 28.5 Å². The van der Waals surface area contributed by atoms with E-state index < -0.39 is 0 Å². The number of fused-ring (bicyclic) bond motifs is 1. The molecule has 2 aliphatic heterocycles. The molecule has 2 saturated heterocycles. The zero-order chi connectivity index (χ0) is 26.8. The van der Waals surface area contributed by atoms with Gasteiger partial charge in [-0.25, -0.2) is 9.97 Å². The molecule has 3 fully saturated rings. The maximum absolute atomic E-state index is 14.0. The number of piperidine rings is 1. The van der Waals surface area contributed by atoms with Crippen LogP contribution in [0.1, 0.15) is 62.6 Å². The first-order valence-corrected chi connectivity index (χ1v) is 14.5. The Labute approximate surface area is 229 Å². The van der Waals surface area contributed by atoms with Gasteiger partial charge in [0.15, 0.2) is 5.65 Å². The van der Waals surface area contributed by atoms with Gasteiger partial charge in [-0.2, -0.15) is 4.98 Å². The van der Waals surface area contributed by atoms with E-state index in [1.807, 2.05) is 10.6 Å². The third kappa shape index (κ3) is 5.45. The van der Waals surface area contributed by atoms with Crippen molar-refractivity contribution in [3.63, 3.8) is 0 Å². The molecule has 10 nitrogen and oxygen atoms in total. The van der Waals surface area contributed by atoms with Crippen molar-refractivity contribution in [1.82, 2.24) is 29.7 Å². The smallest absolute Gasteiger partial charge is 0.274 e. The Morgan fingerprint density at radius 2 is 1.85 bits per heavy atom. The van der Waals surface area contributed by atoms with Gasteiger partial charge in [0.1, 0.15) is 17.0 Å². The van der Waals surface area contributed by atoms with Crippen molar-refractivity contribution in [2.45, 2.75) is 56.9 Å². The molecule has 10 heteroatoms. The van der Waals surface area contributed by atoms with Gasteiger partial charge in [-0.15, -0.1) is 0 Å². The molecule has 2 aromatic heterocycles. The van der Waals surface area contributed by atoms with Crippen molar-refractivity contribution in [2.24, 2.45) is 0 Å². The van der Waals surface area contributed by atoms with Gasteiger partial charge >= 0.3 is 0 Å². The van der Waals surface area contributed by atoms with Crippen molar-refractivity contribution in [3.05, 3.63) is 40.4 Å². The molecule has 0 unspecified atom stereocenters. The number of ether oxygens (including phenoxy) is 1. The number of nitrogens with one attached hydrogen (secondary N) is 2. The van der Waals surface area contributed by atoms with Gasteiger partial charge in [-0.3, -0.25) is 9.36 Å². The molecule has 2 N–H and O–H groups in total. The summed E-state index contributed by atoms with van der Waals surface area (Å²) in [5.74, 6) is 1.38. The fourth-order valence-corrected chi connectivity index (χ4v) is 6.43. The van der Waals surface area contributed by atoms with E-state index in [2.05, 4.69) is 44.6 Å². The molecule has 3 aromatic rings. The van der Waals surface area contributed by atoms with Crippen LogP contribution in [-0.2, 0) is 0 Å². The number of methoxy groups -OCH3 is 1. The largest absolute Gasteiger partial charge is 0.494 e. The minimum atomic E-state index is 0.0253. The van der Waals surface area contributed by atoms with Crippen LogP contribution >= 0.6 is 0 Å². The van der Waals surface area contributed by atoms with Gasteiger partial charge in [0.2, 0.25) is 5.95 Å². The molecule has 6 rings (SSSR count). The van der Waals surface area contributed by atoms with E-state index in [-0.39, 0.29) is 17.5 Å². The van der Waals surface area contributed by atoms with Crippen molar-refractivity contribution in [3.8, 4) is 5.75 Å². The molecule has 39 heavy (non-hydrogen) atoms. The maximum atomic E-state index is 14.0. The Balaban J connectivity index is 1.37. The number of piperazine rings is 1. The Kier molecular flexibility index (Phi) is 7.65. The first-order valence-electron chi connectivity index (χ1n) is 14.5. The predicted octanol–water partition coefficient (Wildman–Crippen LogP) is 3.66. The summed E-state index contributed by atoms with van der Waals surface area (Å²) in [5, 5.41) is 6.74. The molecule has 0 bridgehead atoms. The Morgan fingerprint density at radius 3 is 2.62 bits per heavy atom. The minimum Gasteiger partial charge on any atom is -0.494 e. The molecule has 0 radical (unpaired) electrons. The number of aromatic nitrogens is 4. The third-order valence-electron chi connectivity index (χ3n) is 8.53. The van der Waals surface area contributed by atoms with E-state index in [0.717, 1.165) is 94.9 Å². The van der Waals surface area contributed by atoms with Crippen molar-refractivity contribution in [2.75, 3.05) is 63.6 Å². The molecular weight excluding hydrogens is 492 g/mol. The quantitative estimate of drug-likeness (QED) is 0.493. The van der Waals surface area contributed by atoms with Gasteiger partial charge in [-0.05, 0) is 51.4 Å². The molecular formula is C29H40N8O2. The summed E-state index contributed by atoms with van der Waals surface area (Å²) in [5.41, 5.74) is 3.94. The van der Waals surface area contributed by atoms with Gasteiger partial charge in [-0.1, -0.05) is 19.3 Å². The van der Waals surface area contributed by atoms with E-state index in [1.165, 1.54) is 6.42 Å². The molecule has 0 amide bonds. The molecule has 4 heterocycles. The van der Waals surface area contributed by atoms with Crippen LogP contribution in [0.3, 0.4) is 0 Å². The third-order valence-corrected chi connectivity index (χ3v) is 8.53. The van der Waals surface area contributed by atoms with Crippen LogP contribution in [0, 0.1) is 0 Å². The molecule has 1 saturated carbocycles. The Morgan fingerprint density at radius 1 is 1.03 bits per heavy atom. The number of likely N-dealkylation sites (tertiary alicyclic amines) is 1. The van der Waals surface area contributed by atoms with Crippen molar-refractivity contribution in [1.29, 1.82) is 0 Å². The summed E-state index contributed by atoms with van der Waals surface area (Å²) in [6, 6.07) is 6.24. The van der Waals surface area contributed by atoms with Crippen LogP contribution in [0.5, 0.6) is 5.75 Å². The number of hydrogen-bond acceptors (Lipinski definition) is 9. The van der Waals surface area contributed by atoms with Gasteiger partial charge in [0.25, 0.3) is 5.56 Å². The monoisotopic (exact) mass is 532 g/mol. The average molecular weight is 533 g/mol. The standard InChI is InChI=1S/C29H40N8O2/c1-35-14-6-9-22(19-35)37-27-24(32-26(28(37)38)20-7-4-3-5-8-20)18-31-29(34-27)33-23-11-10-21(17-25(23)39-2)36-15-12-30-13-16-36/h10-11,17-18,20,22,30H,3-9,12-16,19H2,1-2H3,(H,31,33,34)/t22-/m1/s1. The van der Waals surface area contributed by atoms with E-state index in [4.69, 9.17) is 14.7 Å². The molecule has 0 spiro atoms. The second kappa shape index (κ2) is 11.5. The number of likely N-dealkylation sites (N-methyl/N-ethyl adjacent to an activating group) is 1. The highest BCUT2D eigenvalue weighted by atomic mass is 16.5. The second-order valence-corrected chi connectivity index (χ2v) is 11.2. The van der Waals surface area contributed by atoms with Gasteiger partial charge in [0.05, 0.1) is 25.0 Å². The molecule has 208 valence electrons. The zero-order valence-corrected chi connectivity index (χ0v) is 23.2. The number of benzene rings is 1. The summed E-state index contributed by atoms with van der Waals surface area (Å²) in [4.78, 5) is 33.1. The van der Waals surface area contributed by atoms with E-state index in [9.17, 15) is 4.79 Å². The van der Waals surface area contributed by atoms with Gasteiger partial charge in [0, 0.05) is 50.4 Å². The van der Waals surface area contributed by atoms with Crippen LogP contribution in [0.15, 0.2) is 29.2 Å². The molecule has 1 aromatic carbocycles. The number of nitrogens with zero attached hydrogens (tertiary/aromatic N) is 6. The average Bonchev–Trinajstić information content (AvgIpc) is 2.98. The fourth-order valence-electron chi connectivity index (χ4n) is 6.43. The topological polar surface area (TPSA) is 100 Å². The van der Waals surface area contributed by atoms with E-state index in [0.29, 0.717) is 22.8 Å². The summed E-state index contributed by atoms with van der Waals surface area (Å²) in [6.45, 7) is 5.76. The van der Waals surface area contributed by atoms with Crippen molar-refractivity contribution < 1.29 is 4.74 Å². The van der Waals surface area contributed by atoms with Crippen LogP contribution < -0.4 is 25.8 Å². The lowest BCUT2D eigenvalue weighted by Crippen LogP contribution is -2.43. The second-order valence-electron chi connectivity index (χ2n) is 11.2. The zero-order valence-electron chi connectivity index (χ0n) is 23.2. The summed E-state index contributed by atoms with van der Waals surface area (Å²) < 4.78 is 7.67. The predicted molar refractivity (Wildman–Crippen MR) is 155 cm³/mol. The summed E-state index contributed by atoms with van der Waals surface area (Å²) in [6.07, 6.45) is 9.40. The summed E-state index contributed by atoms with van der Waals surface area (Å²) in [7, 11) is 3.80. The first kappa shape index (κ1) is 26.0. The summed E-state index contributed by atoms with van der Waals surface area (Å²) >= 11 is 0. The number of hydrogen-bond donors (Lipinski definition) is 2. The molecule has 1 aliphatic carbocycles. The molecule has 3 aliphatic rings. The van der Waals surface area contributed by atoms with E-state index in [1.54, 1.807) is 13.3 Å². The van der Waals surface area contributed by atoms with Crippen LogP contribution in [-0.4, -0.2) is 77.8 Å². The lowest BCUT2D eigenvalue weighted by molar-refractivity contribution is 0.211. The SMILES string of the molecule is COc1cc(N2CCNCC2)ccc1Nc1ncc2nc(C3CCCCC3)c(=O)n([C@@H]3CCCN(C)C3)c2n1. The first-order chi connectivity index (χ1) is 19.1. The molecule has 1 atom stereocenters. The Bertz CT molecular complexity index is 1360. The van der Waals surface area contributed by atoms with E-state index >= 15 is 0 Å². The van der Waals surface area contributed by atoms with Crippen LogP contribution in [0.25, 0.3) is 11.2 Å². The maximum Gasteiger partial charge on any atom is 0.274 e. The number of rotatable bonds is 6.